The van der Waals surface area contributed by atoms with Crippen LogP contribution in [-0.4, -0.2) is 27.8 Å². The topological polar surface area (TPSA) is 69.6 Å². The second kappa shape index (κ2) is 7.29. The van der Waals surface area contributed by atoms with Crippen molar-refractivity contribution in [1.82, 2.24) is 5.32 Å². The molecule has 0 aliphatic rings. The van der Waals surface area contributed by atoms with Gasteiger partial charge in [0.1, 0.15) is 11.3 Å². The highest BCUT2D eigenvalue weighted by molar-refractivity contribution is 5.78. The predicted octanol–water partition coefficient (Wildman–Crippen LogP) is 2.95. The summed E-state index contributed by atoms with van der Waals surface area (Å²) in [5.41, 5.74) is 0.285. The molecule has 1 aromatic rings. The maximum atomic E-state index is 11.4. The van der Waals surface area contributed by atoms with Gasteiger partial charge in [-0.3, -0.25) is 10.1 Å². The van der Waals surface area contributed by atoms with Gasteiger partial charge in [-0.1, -0.05) is 25.5 Å². The lowest BCUT2D eigenvalue weighted by Crippen LogP contribution is -2.53. The van der Waals surface area contributed by atoms with E-state index in [0.717, 1.165) is 24.8 Å². The number of aliphatic carboxylic acids is 1. The SMILES string of the molecule is CCCC(C)(NC(C)CCc1ccc(O)cc1)C(=O)O. The van der Waals surface area contributed by atoms with Crippen LogP contribution >= 0.6 is 0 Å². The van der Waals surface area contributed by atoms with Crippen LogP contribution in [0.2, 0.25) is 0 Å². The Hall–Kier alpha value is -1.55. The molecule has 4 nitrogen and oxygen atoms in total. The van der Waals surface area contributed by atoms with Gasteiger partial charge in [-0.15, -0.1) is 0 Å². The van der Waals surface area contributed by atoms with E-state index in [0.29, 0.717) is 6.42 Å². The fraction of sp³-hybridized carbons (Fsp3) is 0.562. The van der Waals surface area contributed by atoms with E-state index < -0.39 is 11.5 Å². The molecule has 112 valence electrons. The lowest BCUT2D eigenvalue weighted by Gasteiger charge is -2.30. The summed E-state index contributed by atoms with van der Waals surface area (Å²) in [6, 6.07) is 7.25. The van der Waals surface area contributed by atoms with E-state index in [-0.39, 0.29) is 11.8 Å². The third-order valence-electron chi connectivity index (χ3n) is 3.59. The highest BCUT2D eigenvalue weighted by atomic mass is 16.4. The molecule has 0 saturated carbocycles. The Balaban J connectivity index is 2.51. The van der Waals surface area contributed by atoms with Crippen molar-refractivity contribution in [2.24, 2.45) is 0 Å². The van der Waals surface area contributed by atoms with Crippen LogP contribution in [0.3, 0.4) is 0 Å². The van der Waals surface area contributed by atoms with E-state index in [2.05, 4.69) is 5.32 Å². The van der Waals surface area contributed by atoms with Crippen LogP contribution in [0.4, 0.5) is 0 Å². The average Bonchev–Trinajstić information content (AvgIpc) is 2.38. The van der Waals surface area contributed by atoms with Crippen molar-refractivity contribution in [2.75, 3.05) is 0 Å². The number of carboxylic acids is 1. The minimum atomic E-state index is -0.858. The molecule has 0 bridgehead atoms. The zero-order valence-electron chi connectivity index (χ0n) is 12.5. The number of hydrogen-bond donors (Lipinski definition) is 3. The van der Waals surface area contributed by atoms with Crippen LogP contribution < -0.4 is 5.32 Å². The molecule has 0 spiro atoms. The van der Waals surface area contributed by atoms with Gasteiger partial charge < -0.3 is 10.2 Å². The highest BCUT2D eigenvalue weighted by Gasteiger charge is 2.32. The van der Waals surface area contributed by atoms with E-state index in [1.54, 1.807) is 19.1 Å². The molecule has 0 heterocycles. The molecule has 0 aliphatic heterocycles. The molecular formula is C16H25NO3. The number of rotatable bonds is 8. The molecule has 20 heavy (non-hydrogen) atoms. The van der Waals surface area contributed by atoms with Crippen molar-refractivity contribution in [3.8, 4) is 5.75 Å². The number of nitrogens with one attached hydrogen (secondary N) is 1. The first-order chi connectivity index (χ1) is 9.37. The molecule has 0 aromatic heterocycles. The molecule has 0 aliphatic carbocycles. The Morgan fingerprint density at radius 1 is 1.35 bits per heavy atom. The molecule has 0 radical (unpaired) electrons. The Morgan fingerprint density at radius 3 is 2.45 bits per heavy atom. The number of phenols is 1. The Labute approximate surface area is 120 Å². The van der Waals surface area contributed by atoms with Crippen LogP contribution in [-0.2, 0) is 11.2 Å². The smallest absolute Gasteiger partial charge is 0.323 e. The minimum absolute atomic E-state index is 0.122. The van der Waals surface area contributed by atoms with Crippen LogP contribution in [0.1, 0.15) is 45.6 Å². The number of aromatic hydroxyl groups is 1. The summed E-state index contributed by atoms with van der Waals surface area (Å²) in [6.07, 6.45) is 3.17. The summed E-state index contributed by atoms with van der Waals surface area (Å²) >= 11 is 0. The third-order valence-corrected chi connectivity index (χ3v) is 3.59. The summed E-state index contributed by atoms with van der Waals surface area (Å²) in [5.74, 6) is -0.530. The molecule has 1 rings (SSSR count). The second-order valence-electron chi connectivity index (χ2n) is 5.64. The summed E-state index contributed by atoms with van der Waals surface area (Å²) in [6.45, 7) is 5.75. The van der Waals surface area contributed by atoms with Crippen molar-refractivity contribution < 1.29 is 15.0 Å². The van der Waals surface area contributed by atoms with E-state index in [1.807, 2.05) is 26.0 Å². The van der Waals surface area contributed by atoms with Gasteiger partial charge >= 0.3 is 5.97 Å². The fourth-order valence-electron chi connectivity index (χ4n) is 2.40. The first-order valence-corrected chi connectivity index (χ1v) is 7.16. The van der Waals surface area contributed by atoms with Gasteiger partial charge in [0, 0.05) is 6.04 Å². The number of aryl methyl sites for hydroxylation is 1. The zero-order valence-corrected chi connectivity index (χ0v) is 12.5. The van der Waals surface area contributed by atoms with Crippen molar-refractivity contribution in [1.29, 1.82) is 0 Å². The Kier molecular flexibility index (Phi) is 6.02. The Morgan fingerprint density at radius 2 is 1.95 bits per heavy atom. The van der Waals surface area contributed by atoms with Crippen molar-refractivity contribution >= 4 is 5.97 Å². The quantitative estimate of drug-likeness (QED) is 0.684. The monoisotopic (exact) mass is 279 g/mol. The van der Waals surface area contributed by atoms with Crippen LogP contribution in [0.25, 0.3) is 0 Å². The zero-order chi connectivity index (χ0) is 15.2. The molecule has 3 N–H and O–H groups in total. The third kappa shape index (κ3) is 4.85. The molecule has 1 aromatic carbocycles. The maximum absolute atomic E-state index is 11.4. The van der Waals surface area contributed by atoms with Crippen molar-refractivity contribution in [3.05, 3.63) is 29.8 Å². The number of carbonyl (C=O) groups is 1. The number of phenolic OH excluding ortho intramolecular Hbond substituents is 1. The highest BCUT2D eigenvalue weighted by Crippen LogP contribution is 2.16. The first kappa shape index (κ1) is 16.5. The Bertz CT molecular complexity index is 430. The molecular weight excluding hydrogens is 254 g/mol. The normalized spacial score (nSPS) is 15.6. The maximum Gasteiger partial charge on any atom is 0.323 e. The van der Waals surface area contributed by atoms with Crippen LogP contribution in [0, 0.1) is 0 Å². The molecule has 2 unspecified atom stereocenters. The summed E-state index contributed by atoms with van der Waals surface area (Å²) in [5, 5.41) is 21.8. The molecule has 4 heteroatoms. The van der Waals surface area contributed by atoms with Gasteiger partial charge in [-0.2, -0.15) is 0 Å². The van der Waals surface area contributed by atoms with Crippen molar-refractivity contribution in [2.45, 2.75) is 58.0 Å². The van der Waals surface area contributed by atoms with Gasteiger partial charge in [-0.05, 0) is 50.8 Å². The summed E-state index contributed by atoms with van der Waals surface area (Å²) in [7, 11) is 0. The fourth-order valence-corrected chi connectivity index (χ4v) is 2.40. The molecule has 0 saturated heterocycles. The van der Waals surface area contributed by atoms with Crippen LogP contribution in [0.15, 0.2) is 24.3 Å². The predicted molar refractivity (Wildman–Crippen MR) is 80.0 cm³/mol. The molecule has 0 amide bonds. The lowest BCUT2D eigenvalue weighted by atomic mass is 9.94. The molecule has 2 atom stereocenters. The van der Waals surface area contributed by atoms with Crippen LogP contribution in [0.5, 0.6) is 5.75 Å². The van der Waals surface area contributed by atoms with Gasteiger partial charge in [0.05, 0.1) is 0 Å². The van der Waals surface area contributed by atoms with E-state index in [1.165, 1.54) is 0 Å². The van der Waals surface area contributed by atoms with E-state index in [4.69, 9.17) is 0 Å². The van der Waals surface area contributed by atoms with Gasteiger partial charge in [0.15, 0.2) is 0 Å². The summed E-state index contributed by atoms with van der Waals surface area (Å²) in [4.78, 5) is 11.4. The average molecular weight is 279 g/mol. The minimum Gasteiger partial charge on any atom is -0.508 e. The standard InChI is InChI=1S/C16H25NO3/c1-4-11-16(3,15(19)20)17-12(2)5-6-13-7-9-14(18)10-8-13/h7-10,12,17-18H,4-6,11H2,1-3H3,(H,19,20). The van der Waals surface area contributed by atoms with Gasteiger partial charge in [0.2, 0.25) is 0 Å². The molecule has 0 fully saturated rings. The largest absolute Gasteiger partial charge is 0.508 e. The first-order valence-electron chi connectivity index (χ1n) is 7.16. The van der Waals surface area contributed by atoms with Crippen molar-refractivity contribution in [3.63, 3.8) is 0 Å². The van der Waals surface area contributed by atoms with Gasteiger partial charge in [0.25, 0.3) is 0 Å². The number of benzene rings is 1. The van der Waals surface area contributed by atoms with E-state index >= 15 is 0 Å². The number of hydrogen-bond acceptors (Lipinski definition) is 3. The lowest BCUT2D eigenvalue weighted by molar-refractivity contribution is -0.144. The number of carboxylic acid groups (broad SMARTS) is 1. The van der Waals surface area contributed by atoms with E-state index in [9.17, 15) is 15.0 Å². The second-order valence-corrected chi connectivity index (χ2v) is 5.64. The van der Waals surface area contributed by atoms with Gasteiger partial charge in [-0.25, -0.2) is 0 Å². The summed E-state index contributed by atoms with van der Waals surface area (Å²) < 4.78 is 0.